The first-order chi connectivity index (χ1) is 9.51. The van der Waals surface area contributed by atoms with Gasteiger partial charge in [-0.15, -0.1) is 0 Å². The number of ether oxygens (including phenoxy) is 1. The van der Waals surface area contributed by atoms with Crippen LogP contribution in [0.4, 0.5) is 8.78 Å². The zero-order valence-corrected chi connectivity index (χ0v) is 10.6. The molecule has 0 aliphatic rings. The number of aromatic carboxylic acids is 1. The van der Waals surface area contributed by atoms with Crippen LogP contribution in [0.5, 0.6) is 5.88 Å². The largest absolute Gasteiger partial charge is 0.476 e. The van der Waals surface area contributed by atoms with E-state index in [-0.39, 0.29) is 11.6 Å². The molecule has 0 atom stereocenters. The molecule has 1 heterocycles. The van der Waals surface area contributed by atoms with Gasteiger partial charge in [-0.25, -0.2) is 9.48 Å². The van der Waals surface area contributed by atoms with Gasteiger partial charge < -0.3 is 9.84 Å². The highest BCUT2D eigenvalue weighted by Gasteiger charge is 2.18. The molecule has 0 bridgehead atoms. The minimum absolute atomic E-state index is 0.318. The second kappa shape index (κ2) is 5.68. The first-order valence-electron chi connectivity index (χ1n) is 5.88. The van der Waals surface area contributed by atoms with Crippen LogP contribution in [0.1, 0.15) is 23.0 Å². The van der Waals surface area contributed by atoms with Gasteiger partial charge in [0, 0.05) is 6.07 Å². The van der Waals surface area contributed by atoms with Crippen LogP contribution in [-0.2, 0) is 6.42 Å². The van der Waals surface area contributed by atoms with Crippen LogP contribution >= 0.6 is 0 Å². The van der Waals surface area contributed by atoms with E-state index in [0.717, 1.165) is 22.7 Å². The summed E-state index contributed by atoms with van der Waals surface area (Å²) in [6.45, 7) is -1.07. The van der Waals surface area contributed by atoms with Crippen LogP contribution in [0.25, 0.3) is 5.69 Å². The number of hydrogen-bond acceptors (Lipinski definition) is 3. The third-order valence-corrected chi connectivity index (χ3v) is 2.69. The Balaban J connectivity index is 2.44. The van der Waals surface area contributed by atoms with Crippen molar-refractivity contribution in [3.05, 3.63) is 41.6 Å². The molecule has 0 saturated heterocycles. The maximum atomic E-state index is 12.3. The topological polar surface area (TPSA) is 64.4 Å². The minimum Gasteiger partial charge on any atom is -0.476 e. The molecule has 0 radical (unpaired) electrons. The Morgan fingerprint density at radius 1 is 1.40 bits per heavy atom. The molecule has 5 nitrogen and oxygen atoms in total. The van der Waals surface area contributed by atoms with Crippen LogP contribution < -0.4 is 4.74 Å². The van der Waals surface area contributed by atoms with E-state index in [2.05, 4.69) is 9.84 Å². The second-order valence-electron chi connectivity index (χ2n) is 3.98. The number of halogens is 2. The monoisotopic (exact) mass is 282 g/mol. The fraction of sp³-hybridized carbons (Fsp3) is 0.231. The van der Waals surface area contributed by atoms with E-state index in [1.807, 2.05) is 19.1 Å². The maximum Gasteiger partial charge on any atom is 0.388 e. The summed E-state index contributed by atoms with van der Waals surface area (Å²) in [4.78, 5) is 10.9. The third kappa shape index (κ3) is 2.93. The number of aromatic nitrogens is 2. The fourth-order valence-corrected chi connectivity index (χ4v) is 1.70. The highest BCUT2D eigenvalue weighted by molar-refractivity contribution is 5.85. The van der Waals surface area contributed by atoms with Crippen molar-refractivity contribution in [3.63, 3.8) is 0 Å². The third-order valence-electron chi connectivity index (χ3n) is 2.69. The van der Waals surface area contributed by atoms with Gasteiger partial charge in [-0.2, -0.15) is 13.9 Å². The number of nitrogens with zero attached hydrogens (tertiary/aromatic N) is 2. The number of hydrogen-bond donors (Lipinski definition) is 1. The highest BCUT2D eigenvalue weighted by atomic mass is 19.3. The number of carboxylic acid groups (broad SMARTS) is 1. The molecule has 0 aliphatic carbocycles. The number of carbonyl (C=O) groups is 1. The molecule has 1 aromatic heterocycles. The van der Waals surface area contributed by atoms with Crippen molar-refractivity contribution >= 4 is 5.97 Å². The zero-order chi connectivity index (χ0) is 14.7. The van der Waals surface area contributed by atoms with Crippen molar-refractivity contribution in [2.75, 3.05) is 0 Å². The molecular formula is C13H12F2N2O3. The van der Waals surface area contributed by atoms with Gasteiger partial charge in [0.2, 0.25) is 5.88 Å². The Hall–Kier alpha value is -2.44. The number of alkyl halides is 2. The molecule has 7 heteroatoms. The van der Waals surface area contributed by atoms with E-state index >= 15 is 0 Å². The van der Waals surface area contributed by atoms with Crippen LogP contribution in [0.2, 0.25) is 0 Å². The van der Waals surface area contributed by atoms with Gasteiger partial charge in [0.25, 0.3) is 0 Å². The van der Waals surface area contributed by atoms with Crippen LogP contribution in [0.3, 0.4) is 0 Å². The second-order valence-corrected chi connectivity index (χ2v) is 3.98. The Kier molecular flexibility index (Phi) is 3.97. The predicted octanol–water partition coefficient (Wildman–Crippen LogP) is 2.73. The molecule has 1 aromatic carbocycles. The van der Waals surface area contributed by atoms with Gasteiger partial charge in [0.1, 0.15) is 0 Å². The van der Waals surface area contributed by atoms with Gasteiger partial charge in [-0.3, -0.25) is 0 Å². The van der Waals surface area contributed by atoms with Gasteiger partial charge in [-0.1, -0.05) is 19.1 Å². The number of aryl methyl sites for hydroxylation is 1. The maximum absolute atomic E-state index is 12.3. The number of carboxylic acids is 1. The molecule has 0 aliphatic heterocycles. The van der Waals surface area contributed by atoms with Crippen LogP contribution in [0, 0.1) is 0 Å². The van der Waals surface area contributed by atoms with Crippen molar-refractivity contribution < 1.29 is 23.4 Å². The summed E-state index contributed by atoms with van der Waals surface area (Å²) in [6, 6.07) is 7.90. The molecule has 0 fully saturated rings. The standard InChI is InChI=1S/C13H12F2N2O3/c1-2-8-3-5-9(6-4-8)17-11(20-13(14)15)7-10(16-17)12(18)19/h3-7,13H,2H2,1H3,(H,18,19). The van der Waals surface area contributed by atoms with Crippen LogP contribution in [-0.4, -0.2) is 27.5 Å². The summed E-state index contributed by atoms with van der Waals surface area (Å²) in [5.41, 5.74) is 1.15. The summed E-state index contributed by atoms with van der Waals surface area (Å²) in [7, 11) is 0. The normalized spacial score (nSPS) is 10.8. The molecule has 0 spiro atoms. The van der Waals surface area contributed by atoms with Crippen molar-refractivity contribution in [2.24, 2.45) is 0 Å². The Labute approximate surface area is 113 Å². The van der Waals surface area contributed by atoms with Gasteiger partial charge in [0.05, 0.1) is 5.69 Å². The van der Waals surface area contributed by atoms with E-state index < -0.39 is 12.6 Å². The molecular weight excluding hydrogens is 270 g/mol. The van der Waals surface area contributed by atoms with E-state index in [4.69, 9.17) is 5.11 Å². The first kappa shape index (κ1) is 14.0. The number of rotatable bonds is 5. The van der Waals surface area contributed by atoms with Crippen molar-refractivity contribution in [1.29, 1.82) is 0 Å². The van der Waals surface area contributed by atoms with E-state index in [1.54, 1.807) is 12.1 Å². The summed E-state index contributed by atoms with van der Waals surface area (Å²) >= 11 is 0. The van der Waals surface area contributed by atoms with E-state index in [0.29, 0.717) is 5.69 Å². The number of benzene rings is 1. The summed E-state index contributed by atoms with van der Waals surface area (Å²) < 4.78 is 30.0. The molecule has 2 rings (SSSR count). The lowest BCUT2D eigenvalue weighted by molar-refractivity contribution is -0.0544. The van der Waals surface area contributed by atoms with Gasteiger partial charge >= 0.3 is 12.6 Å². The van der Waals surface area contributed by atoms with Crippen molar-refractivity contribution in [2.45, 2.75) is 20.0 Å². The Morgan fingerprint density at radius 3 is 2.55 bits per heavy atom. The highest BCUT2D eigenvalue weighted by Crippen LogP contribution is 2.22. The predicted molar refractivity (Wildman–Crippen MR) is 66.5 cm³/mol. The van der Waals surface area contributed by atoms with Gasteiger partial charge in [0.15, 0.2) is 5.69 Å². The van der Waals surface area contributed by atoms with Gasteiger partial charge in [-0.05, 0) is 24.1 Å². The Morgan fingerprint density at radius 2 is 2.05 bits per heavy atom. The fourth-order valence-electron chi connectivity index (χ4n) is 1.70. The van der Waals surface area contributed by atoms with Crippen molar-refractivity contribution in [1.82, 2.24) is 9.78 Å². The zero-order valence-electron chi connectivity index (χ0n) is 10.6. The van der Waals surface area contributed by atoms with E-state index in [1.165, 1.54) is 0 Å². The molecule has 0 saturated carbocycles. The molecule has 0 amide bonds. The lowest BCUT2D eigenvalue weighted by atomic mass is 10.1. The smallest absolute Gasteiger partial charge is 0.388 e. The molecule has 0 unspecified atom stereocenters. The minimum atomic E-state index is -3.05. The Bertz CT molecular complexity index is 609. The average molecular weight is 282 g/mol. The quantitative estimate of drug-likeness (QED) is 0.915. The molecule has 1 N–H and O–H groups in total. The summed E-state index contributed by atoms with van der Waals surface area (Å²) in [6.07, 6.45) is 0.833. The summed E-state index contributed by atoms with van der Waals surface area (Å²) in [5, 5.41) is 12.6. The molecule has 106 valence electrons. The molecule has 2 aromatic rings. The average Bonchev–Trinajstić information content (AvgIpc) is 2.82. The lowest BCUT2D eigenvalue weighted by Gasteiger charge is -2.08. The van der Waals surface area contributed by atoms with Crippen molar-refractivity contribution in [3.8, 4) is 11.6 Å². The first-order valence-corrected chi connectivity index (χ1v) is 5.88. The summed E-state index contributed by atoms with van der Waals surface area (Å²) in [5.74, 6) is -1.63. The van der Waals surface area contributed by atoms with Crippen LogP contribution in [0.15, 0.2) is 30.3 Å². The molecule has 20 heavy (non-hydrogen) atoms. The lowest BCUT2D eigenvalue weighted by Crippen LogP contribution is -2.08. The van der Waals surface area contributed by atoms with E-state index in [9.17, 15) is 13.6 Å². The SMILES string of the molecule is CCc1ccc(-n2nc(C(=O)O)cc2OC(F)F)cc1.